The number of carboxylic acid groups (broad SMARTS) is 1. The molecular formula is C14H11IN2O3S. The number of halogens is 1. The van der Waals surface area contributed by atoms with Crippen molar-refractivity contribution < 1.29 is 14.7 Å². The summed E-state index contributed by atoms with van der Waals surface area (Å²) in [6.07, 6.45) is 1.28. The number of benzene rings is 1. The second kappa shape index (κ2) is 7.41. The molecule has 2 rings (SSSR count). The van der Waals surface area contributed by atoms with Crippen LogP contribution in [-0.4, -0.2) is 27.7 Å². The SMILES string of the molecule is O=C(CSc1ccc(C(=O)O)cn1)Nc1cccc(I)c1. The molecule has 2 N–H and O–H groups in total. The highest BCUT2D eigenvalue weighted by Gasteiger charge is 2.06. The fourth-order valence-corrected chi connectivity index (χ4v) is 2.68. The third kappa shape index (κ3) is 5.01. The first-order valence-electron chi connectivity index (χ1n) is 5.92. The molecule has 7 heteroatoms. The average Bonchev–Trinajstić information content (AvgIpc) is 2.45. The molecular weight excluding hydrogens is 403 g/mol. The summed E-state index contributed by atoms with van der Waals surface area (Å²) in [7, 11) is 0. The predicted octanol–water partition coefficient (Wildman–Crippen LogP) is 3.12. The van der Waals surface area contributed by atoms with Crippen LogP contribution >= 0.6 is 34.4 Å². The summed E-state index contributed by atoms with van der Waals surface area (Å²) in [6.45, 7) is 0. The van der Waals surface area contributed by atoms with Gasteiger partial charge in [0.05, 0.1) is 16.3 Å². The minimum atomic E-state index is -1.02. The largest absolute Gasteiger partial charge is 0.478 e. The summed E-state index contributed by atoms with van der Waals surface area (Å²) in [4.78, 5) is 26.5. The normalized spacial score (nSPS) is 10.1. The van der Waals surface area contributed by atoms with Gasteiger partial charge in [-0.2, -0.15) is 0 Å². The summed E-state index contributed by atoms with van der Waals surface area (Å²) in [6, 6.07) is 10.6. The first-order chi connectivity index (χ1) is 10.0. The molecule has 0 unspecified atom stereocenters. The summed E-state index contributed by atoms with van der Waals surface area (Å²) >= 11 is 3.43. The first kappa shape index (κ1) is 15.8. The highest BCUT2D eigenvalue weighted by Crippen LogP contribution is 2.17. The van der Waals surface area contributed by atoms with Crippen molar-refractivity contribution in [1.82, 2.24) is 4.98 Å². The molecule has 21 heavy (non-hydrogen) atoms. The van der Waals surface area contributed by atoms with E-state index < -0.39 is 5.97 Å². The molecule has 0 saturated carbocycles. The van der Waals surface area contributed by atoms with Gasteiger partial charge < -0.3 is 10.4 Å². The van der Waals surface area contributed by atoms with Gasteiger partial charge in [0.1, 0.15) is 0 Å². The number of thioether (sulfide) groups is 1. The van der Waals surface area contributed by atoms with Crippen LogP contribution in [-0.2, 0) is 4.79 Å². The second-order valence-corrected chi connectivity index (χ2v) is 6.28. The van der Waals surface area contributed by atoms with Gasteiger partial charge in [0.25, 0.3) is 0 Å². The van der Waals surface area contributed by atoms with Crippen LogP contribution in [0.25, 0.3) is 0 Å². The number of hydrogen-bond acceptors (Lipinski definition) is 4. The molecule has 0 fully saturated rings. The van der Waals surface area contributed by atoms with Crippen LogP contribution in [0.5, 0.6) is 0 Å². The molecule has 108 valence electrons. The van der Waals surface area contributed by atoms with Crippen molar-refractivity contribution in [3.05, 3.63) is 51.7 Å². The second-order valence-electron chi connectivity index (χ2n) is 4.04. The van der Waals surface area contributed by atoms with E-state index in [-0.39, 0.29) is 17.2 Å². The number of amides is 1. The van der Waals surface area contributed by atoms with E-state index in [1.54, 1.807) is 6.07 Å². The van der Waals surface area contributed by atoms with Crippen molar-refractivity contribution >= 4 is 51.9 Å². The Kier molecular flexibility index (Phi) is 5.57. The van der Waals surface area contributed by atoms with E-state index in [4.69, 9.17) is 5.11 Å². The third-order valence-electron chi connectivity index (χ3n) is 2.44. The molecule has 5 nitrogen and oxygen atoms in total. The molecule has 1 amide bonds. The highest BCUT2D eigenvalue weighted by molar-refractivity contribution is 14.1. The fourth-order valence-electron chi connectivity index (χ4n) is 1.49. The van der Waals surface area contributed by atoms with Crippen molar-refractivity contribution in [2.24, 2.45) is 0 Å². The molecule has 1 heterocycles. The molecule has 0 saturated heterocycles. The number of pyridine rings is 1. The number of nitrogens with one attached hydrogen (secondary N) is 1. The van der Waals surface area contributed by atoms with Crippen LogP contribution < -0.4 is 5.32 Å². The van der Waals surface area contributed by atoms with E-state index >= 15 is 0 Å². The van der Waals surface area contributed by atoms with Gasteiger partial charge in [0.2, 0.25) is 5.91 Å². The van der Waals surface area contributed by atoms with Crippen molar-refractivity contribution in [2.75, 3.05) is 11.1 Å². The van der Waals surface area contributed by atoms with Gasteiger partial charge in [-0.05, 0) is 52.9 Å². The summed E-state index contributed by atoms with van der Waals surface area (Å²) in [5.74, 6) is -0.938. The molecule has 1 aromatic heterocycles. The minimum Gasteiger partial charge on any atom is -0.478 e. The molecule has 0 spiro atoms. The van der Waals surface area contributed by atoms with Crippen LogP contribution in [0.15, 0.2) is 47.6 Å². The average molecular weight is 414 g/mol. The number of anilines is 1. The Hall–Kier alpha value is -1.61. The number of hydrogen-bond donors (Lipinski definition) is 2. The number of aromatic carboxylic acids is 1. The zero-order valence-electron chi connectivity index (χ0n) is 10.7. The summed E-state index contributed by atoms with van der Waals surface area (Å²) < 4.78 is 1.05. The van der Waals surface area contributed by atoms with Crippen LogP contribution in [0, 0.1) is 3.57 Å². The van der Waals surface area contributed by atoms with Gasteiger partial charge >= 0.3 is 5.97 Å². The Balaban J connectivity index is 1.87. The Morgan fingerprint density at radius 2 is 2.10 bits per heavy atom. The van der Waals surface area contributed by atoms with E-state index in [0.717, 1.165) is 9.26 Å². The number of rotatable bonds is 5. The summed E-state index contributed by atoms with van der Waals surface area (Å²) in [5, 5.41) is 12.2. The summed E-state index contributed by atoms with van der Waals surface area (Å²) in [5.41, 5.74) is 0.879. The van der Waals surface area contributed by atoms with E-state index in [1.807, 2.05) is 24.3 Å². The zero-order chi connectivity index (χ0) is 15.2. The van der Waals surface area contributed by atoms with E-state index in [0.29, 0.717) is 5.03 Å². The molecule has 0 aliphatic rings. The van der Waals surface area contributed by atoms with E-state index in [2.05, 4.69) is 32.9 Å². The van der Waals surface area contributed by atoms with Gasteiger partial charge in [-0.15, -0.1) is 0 Å². The number of aromatic nitrogens is 1. The Morgan fingerprint density at radius 1 is 1.29 bits per heavy atom. The fraction of sp³-hybridized carbons (Fsp3) is 0.0714. The number of carboxylic acids is 1. The Labute approximate surface area is 139 Å². The maximum absolute atomic E-state index is 11.8. The molecule has 0 atom stereocenters. The highest BCUT2D eigenvalue weighted by atomic mass is 127. The van der Waals surface area contributed by atoms with Crippen molar-refractivity contribution in [2.45, 2.75) is 5.03 Å². The van der Waals surface area contributed by atoms with Gasteiger partial charge in [0, 0.05) is 15.5 Å². The van der Waals surface area contributed by atoms with Gasteiger partial charge in [0.15, 0.2) is 0 Å². The Bertz CT molecular complexity index is 662. The number of carbonyl (C=O) groups excluding carboxylic acids is 1. The molecule has 0 bridgehead atoms. The topological polar surface area (TPSA) is 79.3 Å². The number of carbonyl (C=O) groups is 2. The van der Waals surface area contributed by atoms with Gasteiger partial charge in [-0.25, -0.2) is 9.78 Å². The van der Waals surface area contributed by atoms with Crippen molar-refractivity contribution in [3.63, 3.8) is 0 Å². The molecule has 0 aliphatic carbocycles. The lowest BCUT2D eigenvalue weighted by atomic mass is 10.3. The minimum absolute atomic E-state index is 0.127. The monoisotopic (exact) mass is 414 g/mol. The first-order valence-corrected chi connectivity index (χ1v) is 7.98. The van der Waals surface area contributed by atoms with Crippen LogP contribution in [0.2, 0.25) is 0 Å². The predicted molar refractivity (Wildman–Crippen MR) is 89.7 cm³/mol. The Morgan fingerprint density at radius 3 is 2.71 bits per heavy atom. The molecule has 1 aromatic carbocycles. The molecule has 0 aliphatic heterocycles. The van der Waals surface area contributed by atoms with Crippen LogP contribution in [0.3, 0.4) is 0 Å². The standard InChI is InChI=1S/C14H11IN2O3S/c15-10-2-1-3-11(6-10)17-12(18)8-21-13-5-4-9(7-16-13)14(19)20/h1-7H,8H2,(H,17,18)(H,19,20). The number of nitrogens with zero attached hydrogens (tertiary/aromatic N) is 1. The lowest BCUT2D eigenvalue weighted by Crippen LogP contribution is -2.14. The van der Waals surface area contributed by atoms with E-state index in [1.165, 1.54) is 24.0 Å². The van der Waals surface area contributed by atoms with Crippen LogP contribution in [0.4, 0.5) is 5.69 Å². The third-order valence-corrected chi connectivity index (χ3v) is 4.06. The maximum atomic E-state index is 11.8. The van der Waals surface area contributed by atoms with Crippen molar-refractivity contribution in [3.8, 4) is 0 Å². The lowest BCUT2D eigenvalue weighted by molar-refractivity contribution is -0.113. The molecule has 2 aromatic rings. The van der Waals surface area contributed by atoms with Crippen LogP contribution in [0.1, 0.15) is 10.4 Å². The molecule has 0 radical (unpaired) electrons. The lowest BCUT2D eigenvalue weighted by Gasteiger charge is -2.05. The smallest absolute Gasteiger partial charge is 0.337 e. The maximum Gasteiger partial charge on any atom is 0.337 e. The van der Waals surface area contributed by atoms with E-state index in [9.17, 15) is 9.59 Å². The van der Waals surface area contributed by atoms with Gasteiger partial charge in [-0.1, -0.05) is 17.8 Å². The van der Waals surface area contributed by atoms with Gasteiger partial charge in [-0.3, -0.25) is 4.79 Å². The zero-order valence-corrected chi connectivity index (χ0v) is 13.7. The quantitative estimate of drug-likeness (QED) is 0.581. The van der Waals surface area contributed by atoms with Crippen molar-refractivity contribution in [1.29, 1.82) is 0 Å².